The number of anilines is 1. The Bertz CT molecular complexity index is 854. The summed E-state index contributed by atoms with van der Waals surface area (Å²) in [5.41, 5.74) is 1.32. The lowest BCUT2D eigenvalue weighted by Gasteiger charge is -2.14. The SMILES string of the molecule is COC(=O)c1cc(OC)c(OC)cc1NC(=O)CCc1ccc(Cl)c(Cl)c1. The van der Waals surface area contributed by atoms with E-state index >= 15 is 0 Å². The number of hydrogen-bond acceptors (Lipinski definition) is 5. The molecule has 2 rings (SSSR count). The van der Waals surface area contributed by atoms with E-state index in [0.29, 0.717) is 28.0 Å². The molecular formula is C19H19Cl2NO5. The van der Waals surface area contributed by atoms with Crippen molar-refractivity contribution in [3.05, 3.63) is 51.5 Å². The summed E-state index contributed by atoms with van der Waals surface area (Å²) >= 11 is 11.9. The number of methoxy groups -OCH3 is 3. The second kappa shape index (κ2) is 9.48. The van der Waals surface area contributed by atoms with Gasteiger partial charge in [-0.15, -0.1) is 0 Å². The molecule has 27 heavy (non-hydrogen) atoms. The predicted octanol–water partition coefficient (Wildman–Crippen LogP) is 4.37. The second-order valence-electron chi connectivity index (χ2n) is 5.54. The highest BCUT2D eigenvalue weighted by Crippen LogP contribution is 2.34. The smallest absolute Gasteiger partial charge is 0.340 e. The van der Waals surface area contributed by atoms with Crippen molar-refractivity contribution in [3.8, 4) is 11.5 Å². The largest absolute Gasteiger partial charge is 0.493 e. The van der Waals surface area contributed by atoms with Crippen LogP contribution in [0.2, 0.25) is 10.0 Å². The molecule has 2 aromatic rings. The molecule has 6 nitrogen and oxygen atoms in total. The molecule has 0 aliphatic carbocycles. The Morgan fingerprint density at radius 2 is 1.63 bits per heavy atom. The zero-order valence-electron chi connectivity index (χ0n) is 15.1. The number of halogens is 2. The van der Waals surface area contributed by atoms with E-state index in [1.165, 1.54) is 33.5 Å². The Morgan fingerprint density at radius 1 is 0.963 bits per heavy atom. The van der Waals surface area contributed by atoms with E-state index in [-0.39, 0.29) is 23.6 Å². The third-order valence-corrected chi connectivity index (χ3v) is 4.57. The van der Waals surface area contributed by atoms with Gasteiger partial charge in [-0.1, -0.05) is 29.3 Å². The van der Waals surface area contributed by atoms with Gasteiger partial charge in [0.1, 0.15) is 0 Å². The van der Waals surface area contributed by atoms with Crippen LogP contribution in [0.4, 0.5) is 5.69 Å². The fraction of sp³-hybridized carbons (Fsp3) is 0.263. The molecule has 0 fully saturated rings. The Balaban J connectivity index is 2.17. The maximum absolute atomic E-state index is 12.4. The number of amides is 1. The van der Waals surface area contributed by atoms with Gasteiger partial charge in [-0.05, 0) is 24.1 Å². The van der Waals surface area contributed by atoms with Gasteiger partial charge in [-0.3, -0.25) is 4.79 Å². The minimum Gasteiger partial charge on any atom is -0.493 e. The summed E-state index contributed by atoms with van der Waals surface area (Å²) in [7, 11) is 4.18. The molecule has 144 valence electrons. The molecule has 0 radical (unpaired) electrons. The molecule has 2 aromatic carbocycles. The lowest BCUT2D eigenvalue weighted by atomic mass is 10.1. The Kier molecular flexibility index (Phi) is 7.33. The first-order chi connectivity index (χ1) is 12.9. The van der Waals surface area contributed by atoms with Gasteiger partial charge in [0.2, 0.25) is 5.91 Å². The summed E-state index contributed by atoms with van der Waals surface area (Å²) in [6.45, 7) is 0. The number of esters is 1. The third kappa shape index (κ3) is 5.28. The molecule has 0 unspecified atom stereocenters. The van der Waals surface area contributed by atoms with Crippen molar-refractivity contribution in [2.24, 2.45) is 0 Å². The van der Waals surface area contributed by atoms with Crippen molar-refractivity contribution in [3.63, 3.8) is 0 Å². The van der Waals surface area contributed by atoms with Crippen LogP contribution in [0.15, 0.2) is 30.3 Å². The molecule has 1 amide bonds. The zero-order valence-corrected chi connectivity index (χ0v) is 16.6. The van der Waals surface area contributed by atoms with E-state index in [1.807, 2.05) is 0 Å². The molecule has 0 aliphatic rings. The highest BCUT2D eigenvalue weighted by atomic mass is 35.5. The fourth-order valence-electron chi connectivity index (χ4n) is 2.43. The minimum atomic E-state index is -0.601. The summed E-state index contributed by atoms with van der Waals surface area (Å²) < 4.78 is 15.2. The maximum Gasteiger partial charge on any atom is 0.340 e. The first kappa shape index (κ1) is 20.9. The highest BCUT2D eigenvalue weighted by molar-refractivity contribution is 6.42. The van der Waals surface area contributed by atoms with Gasteiger partial charge in [0.25, 0.3) is 0 Å². The summed E-state index contributed by atoms with van der Waals surface area (Å²) in [6, 6.07) is 8.17. The van der Waals surface area contributed by atoms with Crippen LogP contribution in [0.25, 0.3) is 0 Å². The van der Waals surface area contributed by atoms with Crippen LogP contribution in [0.5, 0.6) is 11.5 Å². The van der Waals surface area contributed by atoms with Crippen LogP contribution >= 0.6 is 23.2 Å². The minimum absolute atomic E-state index is 0.165. The molecule has 0 saturated carbocycles. The van der Waals surface area contributed by atoms with Crippen LogP contribution in [0, 0.1) is 0 Å². The van der Waals surface area contributed by atoms with Gasteiger partial charge < -0.3 is 19.5 Å². The van der Waals surface area contributed by atoms with Crippen LogP contribution in [0.1, 0.15) is 22.3 Å². The van der Waals surface area contributed by atoms with E-state index in [4.69, 9.17) is 37.4 Å². The van der Waals surface area contributed by atoms with Crippen molar-refractivity contribution in [2.75, 3.05) is 26.6 Å². The first-order valence-corrected chi connectivity index (χ1v) is 8.73. The predicted molar refractivity (Wildman–Crippen MR) is 104 cm³/mol. The molecule has 0 bridgehead atoms. The number of ether oxygens (including phenoxy) is 3. The van der Waals surface area contributed by atoms with Gasteiger partial charge in [-0.25, -0.2) is 4.79 Å². The molecule has 1 N–H and O–H groups in total. The number of benzene rings is 2. The molecule has 0 spiro atoms. The average molecular weight is 412 g/mol. The summed E-state index contributed by atoms with van der Waals surface area (Å²) in [5.74, 6) is -0.147. The molecule has 0 aliphatic heterocycles. The average Bonchev–Trinajstić information content (AvgIpc) is 2.67. The van der Waals surface area contributed by atoms with E-state index in [1.54, 1.807) is 18.2 Å². The monoisotopic (exact) mass is 411 g/mol. The third-order valence-electron chi connectivity index (χ3n) is 3.83. The van der Waals surface area contributed by atoms with Crippen molar-refractivity contribution in [1.29, 1.82) is 0 Å². The van der Waals surface area contributed by atoms with E-state index in [9.17, 15) is 9.59 Å². The Labute approximate surface area is 167 Å². The zero-order chi connectivity index (χ0) is 20.0. The number of hydrogen-bond donors (Lipinski definition) is 1. The van der Waals surface area contributed by atoms with Crippen LogP contribution in [0.3, 0.4) is 0 Å². The van der Waals surface area contributed by atoms with Crippen LogP contribution in [-0.4, -0.2) is 33.2 Å². The number of nitrogens with one attached hydrogen (secondary N) is 1. The van der Waals surface area contributed by atoms with Gasteiger partial charge >= 0.3 is 5.97 Å². The standard InChI is InChI=1S/C19H19Cl2NO5/c1-25-16-9-12(19(24)27-3)15(10-17(16)26-2)22-18(23)7-5-11-4-6-13(20)14(21)8-11/h4,6,8-10H,5,7H2,1-3H3,(H,22,23). The van der Waals surface area contributed by atoms with Crippen molar-refractivity contribution >= 4 is 40.8 Å². The van der Waals surface area contributed by atoms with Crippen LogP contribution < -0.4 is 14.8 Å². The second-order valence-corrected chi connectivity index (χ2v) is 6.36. The van der Waals surface area contributed by atoms with Crippen molar-refractivity contribution in [1.82, 2.24) is 0 Å². The Hall–Kier alpha value is -2.44. The van der Waals surface area contributed by atoms with E-state index < -0.39 is 5.97 Å². The molecule has 0 saturated heterocycles. The summed E-state index contributed by atoms with van der Waals surface area (Å²) in [4.78, 5) is 24.4. The van der Waals surface area contributed by atoms with Gasteiger partial charge in [0, 0.05) is 18.6 Å². The first-order valence-electron chi connectivity index (χ1n) is 7.97. The lowest BCUT2D eigenvalue weighted by Crippen LogP contribution is -2.16. The van der Waals surface area contributed by atoms with Gasteiger partial charge in [0.05, 0.1) is 42.6 Å². The van der Waals surface area contributed by atoms with Crippen molar-refractivity contribution in [2.45, 2.75) is 12.8 Å². The summed E-state index contributed by atoms with van der Waals surface area (Å²) in [5, 5.41) is 3.60. The fourth-order valence-corrected chi connectivity index (χ4v) is 2.75. The number of aryl methyl sites for hydroxylation is 1. The Morgan fingerprint density at radius 3 is 2.22 bits per heavy atom. The molecule has 0 heterocycles. The van der Waals surface area contributed by atoms with Gasteiger partial charge in [0.15, 0.2) is 11.5 Å². The van der Waals surface area contributed by atoms with E-state index in [2.05, 4.69) is 5.32 Å². The molecular weight excluding hydrogens is 393 g/mol. The topological polar surface area (TPSA) is 73.9 Å². The molecule has 0 aromatic heterocycles. The van der Waals surface area contributed by atoms with Gasteiger partial charge in [-0.2, -0.15) is 0 Å². The summed E-state index contributed by atoms with van der Waals surface area (Å²) in [6.07, 6.45) is 0.649. The lowest BCUT2D eigenvalue weighted by molar-refractivity contribution is -0.116. The maximum atomic E-state index is 12.4. The quantitative estimate of drug-likeness (QED) is 0.684. The van der Waals surface area contributed by atoms with E-state index in [0.717, 1.165) is 5.56 Å². The van der Waals surface area contributed by atoms with Crippen LogP contribution in [-0.2, 0) is 16.0 Å². The highest BCUT2D eigenvalue weighted by Gasteiger charge is 2.19. The molecule has 0 atom stereocenters. The normalized spacial score (nSPS) is 10.3. The van der Waals surface area contributed by atoms with Crippen molar-refractivity contribution < 1.29 is 23.8 Å². The number of rotatable bonds is 7. The number of carbonyl (C=O) groups is 2. The number of carbonyl (C=O) groups excluding carboxylic acids is 2. The molecule has 8 heteroatoms.